The first-order valence-corrected chi connectivity index (χ1v) is 9.67. The standard InChI is InChI=1S/C20H30N4O2/c1-3-23-14-17(11-18(23)12-21)13-22-8-4-6-20(15-22)7-5-19(25)24(16-20)9-10-26-2/h11,14H,3-10,13,15-16H2,1-2H3/t20-/m1/s1. The number of rotatable bonds is 6. The van der Waals surface area contributed by atoms with E-state index in [2.05, 4.69) is 24.1 Å². The minimum atomic E-state index is 0.214. The molecule has 0 saturated carbocycles. The minimum absolute atomic E-state index is 0.214. The summed E-state index contributed by atoms with van der Waals surface area (Å²) in [5.41, 5.74) is 2.16. The molecule has 2 aliphatic rings. The van der Waals surface area contributed by atoms with E-state index < -0.39 is 0 Å². The van der Waals surface area contributed by atoms with Crippen molar-refractivity contribution in [1.82, 2.24) is 14.4 Å². The van der Waals surface area contributed by atoms with E-state index in [1.54, 1.807) is 7.11 Å². The van der Waals surface area contributed by atoms with E-state index in [1.807, 2.05) is 15.5 Å². The summed E-state index contributed by atoms with van der Waals surface area (Å²) < 4.78 is 7.19. The number of carbonyl (C=O) groups is 1. The number of hydrogen-bond donors (Lipinski definition) is 0. The molecule has 2 fully saturated rings. The molecule has 3 heterocycles. The molecule has 1 aromatic heterocycles. The lowest BCUT2D eigenvalue weighted by Gasteiger charge is -2.48. The van der Waals surface area contributed by atoms with E-state index >= 15 is 0 Å². The third-order valence-corrected chi connectivity index (χ3v) is 5.87. The smallest absolute Gasteiger partial charge is 0.222 e. The van der Waals surface area contributed by atoms with Gasteiger partial charge in [0, 0.05) is 57.9 Å². The van der Waals surface area contributed by atoms with Crippen molar-refractivity contribution >= 4 is 5.91 Å². The summed E-state index contributed by atoms with van der Waals surface area (Å²) in [5.74, 6) is 0.267. The number of aromatic nitrogens is 1. The van der Waals surface area contributed by atoms with E-state index in [0.717, 1.165) is 44.8 Å². The van der Waals surface area contributed by atoms with Gasteiger partial charge in [-0.15, -0.1) is 0 Å². The number of methoxy groups -OCH3 is 1. The molecule has 1 amide bonds. The number of nitrogens with zero attached hydrogens (tertiary/aromatic N) is 4. The molecular formula is C20H30N4O2. The zero-order valence-electron chi connectivity index (χ0n) is 16.0. The van der Waals surface area contributed by atoms with Crippen LogP contribution in [0.3, 0.4) is 0 Å². The normalized spacial score (nSPS) is 24.2. The number of nitriles is 1. The van der Waals surface area contributed by atoms with Crippen molar-refractivity contribution in [2.75, 3.05) is 39.9 Å². The van der Waals surface area contributed by atoms with Crippen molar-refractivity contribution in [1.29, 1.82) is 5.26 Å². The number of likely N-dealkylation sites (tertiary alicyclic amines) is 2. The van der Waals surface area contributed by atoms with E-state index in [1.165, 1.54) is 18.4 Å². The molecule has 0 radical (unpaired) electrons. The summed E-state index contributed by atoms with van der Waals surface area (Å²) in [7, 11) is 1.68. The van der Waals surface area contributed by atoms with Crippen molar-refractivity contribution < 1.29 is 9.53 Å². The number of ether oxygens (including phenoxy) is 1. The summed E-state index contributed by atoms with van der Waals surface area (Å²) in [6.07, 6.45) is 6.12. The topological polar surface area (TPSA) is 61.5 Å². The van der Waals surface area contributed by atoms with Crippen LogP contribution in [-0.2, 0) is 22.6 Å². The Labute approximate surface area is 156 Å². The lowest BCUT2D eigenvalue weighted by molar-refractivity contribution is -0.140. The Bertz CT molecular complexity index is 678. The van der Waals surface area contributed by atoms with Gasteiger partial charge in [-0.2, -0.15) is 5.26 Å². The maximum Gasteiger partial charge on any atom is 0.222 e. The second-order valence-corrected chi connectivity index (χ2v) is 7.75. The Morgan fingerprint density at radius 2 is 2.19 bits per heavy atom. The fourth-order valence-corrected chi connectivity index (χ4v) is 4.55. The molecule has 3 rings (SSSR count). The average molecular weight is 358 g/mol. The first-order valence-electron chi connectivity index (χ1n) is 9.67. The molecule has 142 valence electrons. The maximum atomic E-state index is 12.2. The molecule has 26 heavy (non-hydrogen) atoms. The largest absolute Gasteiger partial charge is 0.383 e. The Morgan fingerprint density at radius 1 is 1.35 bits per heavy atom. The van der Waals surface area contributed by atoms with Crippen LogP contribution in [0, 0.1) is 16.7 Å². The van der Waals surface area contributed by atoms with Gasteiger partial charge in [0.05, 0.1) is 6.61 Å². The van der Waals surface area contributed by atoms with E-state index in [0.29, 0.717) is 19.6 Å². The summed E-state index contributed by atoms with van der Waals surface area (Å²) in [6.45, 7) is 8.04. The van der Waals surface area contributed by atoms with E-state index in [-0.39, 0.29) is 11.3 Å². The van der Waals surface area contributed by atoms with Crippen molar-refractivity contribution in [3.63, 3.8) is 0 Å². The molecule has 0 bridgehead atoms. The zero-order chi connectivity index (χ0) is 18.6. The fourth-order valence-electron chi connectivity index (χ4n) is 4.55. The van der Waals surface area contributed by atoms with Gasteiger partial charge in [-0.05, 0) is 44.4 Å². The predicted molar refractivity (Wildman–Crippen MR) is 99.5 cm³/mol. The molecule has 0 aromatic carbocycles. The predicted octanol–water partition coefficient (Wildman–Crippen LogP) is 2.23. The summed E-state index contributed by atoms with van der Waals surface area (Å²) in [4.78, 5) is 16.7. The van der Waals surface area contributed by atoms with Crippen LogP contribution in [0.2, 0.25) is 0 Å². The SMILES string of the molecule is CCn1cc(CN2CCC[C@@]3(CCC(=O)N(CCOC)C3)C2)cc1C#N. The zero-order valence-corrected chi connectivity index (χ0v) is 16.0. The number of aryl methyl sites for hydroxylation is 1. The quantitative estimate of drug-likeness (QED) is 0.782. The van der Waals surface area contributed by atoms with Crippen LogP contribution in [0.5, 0.6) is 0 Å². The van der Waals surface area contributed by atoms with Gasteiger partial charge in [0.25, 0.3) is 0 Å². The highest BCUT2D eigenvalue weighted by Crippen LogP contribution is 2.39. The average Bonchev–Trinajstić information content (AvgIpc) is 3.05. The molecule has 6 nitrogen and oxygen atoms in total. The van der Waals surface area contributed by atoms with Crippen LogP contribution in [0.15, 0.2) is 12.3 Å². The fraction of sp³-hybridized carbons (Fsp3) is 0.700. The monoisotopic (exact) mass is 358 g/mol. The molecule has 1 aromatic rings. The van der Waals surface area contributed by atoms with E-state index in [4.69, 9.17) is 4.74 Å². The van der Waals surface area contributed by atoms with Gasteiger partial charge in [-0.1, -0.05) is 0 Å². The molecule has 6 heteroatoms. The van der Waals surface area contributed by atoms with Crippen molar-refractivity contribution in [3.05, 3.63) is 23.5 Å². The first kappa shape index (κ1) is 18.9. The van der Waals surface area contributed by atoms with Gasteiger partial charge in [0.15, 0.2) is 0 Å². The Hall–Kier alpha value is -1.84. The molecule has 2 saturated heterocycles. The molecule has 1 spiro atoms. The highest BCUT2D eigenvalue weighted by molar-refractivity contribution is 5.77. The Morgan fingerprint density at radius 3 is 2.88 bits per heavy atom. The third-order valence-electron chi connectivity index (χ3n) is 5.87. The second kappa shape index (κ2) is 8.24. The summed E-state index contributed by atoms with van der Waals surface area (Å²) >= 11 is 0. The molecule has 0 N–H and O–H groups in total. The number of carbonyl (C=O) groups excluding carboxylic acids is 1. The third kappa shape index (κ3) is 4.11. The van der Waals surface area contributed by atoms with Crippen LogP contribution in [0.25, 0.3) is 0 Å². The lowest BCUT2D eigenvalue weighted by Crippen LogP contribution is -2.54. The van der Waals surface area contributed by atoms with Crippen molar-refractivity contribution in [3.8, 4) is 6.07 Å². The van der Waals surface area contributed by atoms with Crippen molar-refractivity contribution in [2.24, 2.45) is 5.41 Å². The number of hydrogen-bond acceptors (Lipinski definition) is 4. The molecule has 0 unspecified atom stereocenters. The minimum Gasteiger partial charge on any atom is -0.383 e. The Kier molecular flexibility index (Phi) is 6.00. The van der Waals surface area contributed by atoms with Gasteiger partial charge in [-0.3, -0.25) is 9.69 Å². The summed E-state index contributed by atoms with van der Waals surface area (Å²) in [5, 5.41) is 9.26. The molecule has 1 atom stereocenters. The number of amides is 1. The molecular weight excluding hydrogens is 328 g/mol. The van der Waals surface area contributed by atoms with Gasteiger partial charge < -0.3 is 14.2 Å². The van der Waals surface area contributed by atoms with Crippen LogP contribution < -0.4 is 0 Å². The van der Waals surface area contributed by atoms with E-state index in [9.17, 15) is 10.1 Å². The Balaban J connectivity index is 1.66. The van der Waals surface area contributed by atoms with Crippen LogP contribution in [0.1, 0.15) is 43.9 Å². The molecule has 0 aliphatic carbocycles. The van der Waals surface area contributed by atoms with Gasteiger partial charge >= 0.3 is 0 Å². The summed E-state index contributed by atoms with van der Waals surface area (Å²) in [6, 6.07) is 4.29. The second-order valence-electron chi connectivity index (χ2n) is 7.75. The highest BCUT2D eigenvalue weighted by Gasteiger charge is 2.41. The van der Waals surface area contributed by atoms with Gasteiger partial charge in [-0.25, -0.2) is 0 Å². The van der Waals surface area contributed by atoms with Crippen LogP contribution >= 0.6 is 0 Å². The number of piperidine rings is 2. The first-order chi connectivity index (χ1) is 12.6. The lowest BCUT2D eigenvalue weighted by atomic mass is 9.73. The van der Waals surface area contributed by atoms with Gasteiger partial charge in [0.2, 0.25) is 5.91 Å². The highest BCUT2D eigenvalue weighted by atomic mass is 16.5. The van der Waals surface area contributed by atoms with Crippen LogP contribution in [-0.4, -0.2) is 60.2 Å². The molecule has 2 aliphatic heterocycles. The van der Waals surface area contributed by atoms with Crippen LogP contribution in [0.4, 0.5) is 0 Å². The van der Waals surface area contributed by atoms with Gasteiger partial charge in [0.1, 0.15) is 11.8 Å². The maximum absolute atomic E-state index is 12.2. The van der Waals surface area contributed by atoms with Crippen molar-refractivity contribution in [2.45, 2.75) is 45.7 Å².